The Morgan fingerprint density at radius 3 is 2.15 bits per heavy atom. The second-order valence-corrected chi connectivity index (χ2v) is 7.72. The predicted octanol–water partition coefficient (Wildman–Crippen LogP) is 3.16. The van der Waals surface area contributed by atoms with E-state index in [2.05, 4.69) is 23.5 Å². The Morgan fingerprint density at radius 1 is 1.00 bits per heavy atom. The molecule has 0 unspecified atom stereocenters. The van der Waals surface area contributed by atoms with Gasteiger partial charge in [-0.15, -0.1) is 0 Å². The first-order valence-corrected chi connectivity index (χ1v) is 10.2. The third-order valence-electron chi connectivity index (χ3n) is 4.11. The lowest BCUT2D eigenvalue weighted by atomic mass is 10.2. The summed E-state index contributed by atoms with van der Waals surface area (Å²) in [5.41, 5.74) is 0.701. The summed E-state index contributed by atoms with van der Waals surface area (Å²) >= 11 is 0. The smallest absolute Gasteiger partial charge is 0.241 e. The first kappa shape index (κ1) is 21.3. The Kier molecular flexibility index (Phi) is 7.70. The van der Waals surface area contributed by atoms with E-state index >= 15 is 0 Å². The molecular weight excluding hydrogens is 374 g/mol. The number of rotatable bonds is 10. The van der Waals surface area contributed by atoms with Crippen LogP contribution >= 0.6 is 0 Å². The van der Waals surface area contributed by atoms with Crippen molar-refractivity contribution in [3.8, 4) is 5.75 Å². The summed E-state index contributed by atoms with van der Waals surface area (Å²) in [5, 5.41) is 0. The number of benzene rings is 2. The van der Waals surface area contributed by atoms with Gasteiger partial charge in [-0.1, -0.05) is 26.0 Å². The summed E-state index contributed by atoms with van der Waals surface area (Å²) in [4.78, 5) is 1.80. The maximum atomic E-state index is 13.2. The average molecular weight is 398 g/mol. The number of nitrogens with one attached hydrogen (secondary N) is 1. The Balaban J connectivity index is 1.90. The maximum absolute atomic E-state index is 13.2. The Bertz CT molecular complexity index is 818. The van der Waals surface area contributed by atoms with Gasteiger partial charge in [0.1, 0.15) is 24.0 Å². The summed E-state index contributed by atoms with van der Waals surface area (Å²) in [5.74, 6) is -1.19. The van der Waals surface area contributed by atoms with Crippen molar-refractivity contribution in [3.63, 3.8) is 0 Å². The zero-order valence-corrected chi connectivity index (χ0v) is 16.2. The summed E-state index contributed by atoms with van der Waals surface area (Å²) in [6.45, 7) is 7.52. The number of hydrogen-bond donors (Lipinski definition) is 1. The highest BCUT2D eigenvalue weighted by Crippen LogP contribution is 2.15. The largest absolute Gasteiger partial charge is 0.492 e. The molecule has 0 saturated carbocycles. The van der Waals surface area contributed by atoms with Crippen LogP contribution in [-0.2, 0) is 16.6 Å². The van der Waals surface area contributed by atoms with Crippen LogP contribution in [0.15, 0.2) is 47.4 Å². The van der Waals surface area contributed by atoms with Crippen molar-refractivity contribution in [2.45, 2.75) is 25.3 Å². The second-order valence-electron chi connectivity index (χ2n) is 5.95. The van der Waals surface area contributed by atoms with Gasteiger partial charge >= 0.3 is 0 Å². The molecule has 0 saturated heterocycles. The van der Waals surface area contributed by atoms with E-state index in [0.717, 1.165) is 31.8 Å². The SMILES string of the molecule is CCN(CC)CCOc1ccc(CNS(=O)(=O)c2cc(F)cc(F)c2)cc1. The first-order chi connectivity index (χ1) is 12.8. The monoisotopic (exact) mass is 398 g/mol. The lowest BCUT2D eigenvalue weighted by Gasteiger charge is -2.18. The van der Waals surface area contributed by atoms with Gasteiger partial charge in [0.05, 0.1) is 4.90 Å². The number of sulfonamides is 1. The molecule has 0 radical (unpaired) electrons. The third-order valence-corrected chi connectivity index (χ3v) is 5.49. The van der Waals surface area contributed by atoms with E-state index in [1.165, 1.54) is 0 Å². The topological polar surface area (TPSA) is 58.6 Å². The second kappa shape index (κ2) is 9.77. The minimum Gasteiger partial charge on any atom is -0.492 e. The number of hydrogen-bond acceptors (Lipinski definition) is 4. The van der Waals surface area contributed by atoms with Gasteiger partial charge in [-0.25, -0.2) is 21.9 Å². The highest BCUT2D eigenvalue weighted by molar-refractivity contribution is 7.89. The van der Waals surface area contributed by atoms with Gasteiger partial charge < -0.3 is 9.64 Å². The first-order valence-electron chi connectivity index (χ1n) is 8.74. The highest BCUT2D eigenvalue weighted by atomic mass is 32.2. The highest BCUT2D eigenvalue weighted by Gasteiger charge is 2.16. The van der Waals surface area contributed by atoms with Gasteiger partial charge in [-0.2, -0.15) is 0 Å². The molecule has 0 bridgehead atoms. The molecule has 27 heavy (non-hydrogen) atoms. The number of likely N-dealkylation sites (N-methyl/N-ethyl adjacent to an activating group) is 1. The molecule has 0 aliphatic rings. The van der Waals surface area contributed by atoms with Crippen LogP contribution in [0.1, 0.15) is 19.4 Å². The lowest BCUT2D eigenvalue weighted by Crippen LogP contribution is -2.27. The molecule has 0 atom stereocenters. The normalized spacial score (nSPS) is 11.7. The van der Waals surface area contributed by atoms with Crippen molar-refractivity contribution in [3.05, 3.63) is 59.7 Å². The molecule has 5 nitrogen and oxygen atoms in total. The van der Waals surface area contributed by atoms with Crippen LogP contribution in [0.2, 0.25) is 0 Å². The summed E-state index contributed by atoms with van der Waals surface area (Å²) in [6.07, 6.45) is 0. The molecule has 148 valence electrons. The van der Waals surface area contributed by atoms with E-state index in [4.69, 9.17) is 4.74 Å². The fourth-order valence-corrected chi connectivity index (χ4v) is 3.54. The van der Waals surface area contributed by atoms with E-state index in [1.54, 1.807) is 24.3 Å². The van der Waals surface area contributed by atoms with Crippen molar-refractivity contribution in [2.75, 3.05) is 26.2 Å². The molecule has 0 heterocycles. The third kappa shape index (κ3) is 6.57. The van der Waals surface area contributed by atoms with Crippen LogP contribution in [-0.4, -0.2) is 39.6 Å². The maximum Gasteiger partial charge on any atom is 0.241 e. The summed E-state index contributed by atoms with van der Waals surface area (Å²) < 4.78 is 58.8. The van der Waals surface area contributed by atoms with Gasteiger partial charge in [0.15, 0.2) is 0 Å². The molecule has 0 amide bonds. The number of nitrogens with zero attached hydrogens (tertiary/aromatic N) is 1. The van der Waals surface area contributed by atoms with Crippen molar-refractivity contribution in [1.29, 1.82) is 0 Å². The number of halogens is 2. The molecule has 1 N–H and O–H groups in total. The number of ether oxygens (including phenoxy) is 1. The fourth-order valence-electron chi connectivity index (χ4n) is 2.48. The van der Waals surface area contributed by atoms with Gasteiger partial charge in [0.2, 0.25) is 10.0 Å². The Hall–Kier alpha value is -2.03. The van der Waals surface area contributed by atoms with Crippen LogP contribution in [0.3, 0.4) is 0 Å². The molecule has 0 spiro atoms. The van der Waals surface area contributed by atoms with Crippen LogP contribution in [0.5, 0.6) is 5.75 Å². The summed E-state index contributed by atoms with van der Waals surface area (Å²) in [7, 11) is -4.01. The quantitative estimate of drug-likeness (QED) is 0.668. The molecule has 2 aromatic carbocycles. The molecule has 0 fully saturated rings. The van der Waals surface area contributed by atoms with E-state index in [0.29, 0.717) is 24.0 Å². The molecule has 2 rings (SSSR count). The standard InChI is InChI=1S/C19H24F2N2O3S/c1-3-23(4-2)9-10-26-18-7-5-15(6-8-18)14-22-27(24,25)19-12-16(20)11-17(21)13-19/h5-8,11-13,22H,3-4,9-10,14H2,1-2H3. The van der Waals surface area contributed by atoms with E-state index in [9.17, 15) is 17.2 Å². The minimum atomic E-state index is -4.01. The molecule has 0 aliphatic heterocycles. The van der Waals surface area contributed by atoms with Crippen LogP contribution in [0.4, 0.5) is 8.78 Å². The van der Waals surface area contributed by atoms with Crippen LogP contribution < -0.4 is 9.46 Å². The van der Waals surface area contributed by atoms with Crippen molar-refractivity contribution < 1.29 is 21.9 Å². The molecule has 0 aromatic heterocycles. The van der Waals surface area contributed by atoms with Crippen molar-refractivity contribution >= 4 is 10.0 Å². The Labute approximate surface area is 159 Å². The van der Waals surface area contributed by atoms with E-state index in [1.807, 2.05) is 0 Å². The van der Waals surface area contributed by atoms with Crippen molar-refractivity contribution in [2.24, 2.45) is 0 Å². The summed E-state index contributed by atoms with van der Waals surface area (Å²) in [6, 6.07) is 9.17. The molecule has 2 aromatic rings. The van der Waals surface area contributed by atoms with Gasteiger partial charge in [-0.05, 0) is 42.9 Å². The fraction of sp³-hybridized carbons (Fsp3) is 0.368. The molecule has 8 heteroatoms. The van der Waals surface area contributed by atoms with Crippen molar-refractivity contribution in [1.82, 2.24) is 9.62 Å². The van der Waals surface area contributed by atoms with Crippen LogP contribution in [0, 0.1) is 11.6 Å². The molecule has 0 aliphatic carbocycles. The minimum absolute atomic E-state index is 0.000191. The van der Waals surface area contributed by atoms with E-state index in [-0.39, 0.29) is 6.54 Å². The van der Waals surface area contributed by atoms with Crippen LogP contribution in [0.25, 0.3) is 0 Å². The zero-order valence-electron chi connectivity index (χ0n) is 15.4. The zero-order chi connectivity index (χ0) is 19.9. The van der Waals surface area contributed by atoms with Gasteiger partial charge in [0, 0.05) is 19.2 Å². The van der Waals surface area contributed by atoms with Gasteiger partial charge in [0.25, 0.3) is 0 Å². The molecular formula is C19H24F2N2O3S. The lowest BCUT2D eigenvalue weighted by molar-refractivity contribution is 0.223. The van der Waals surface area contributed by atoms with Gasteiger partial charge in [-0.3, -0.25) is 0 Å². The predicted molar refractivity (Wildman–Crippen MR) is 100 cm³/mol. The van der Waals surface area contributed by atoms with E-state index < -0.39 is 26.6 Å². The Morgan fingerprint density at radius 2 is 1.59 bits per heavy atom. The average Bonchev–Trinajstić information content (AvgIpc) is 2.64.